The molecule has 2 heterocycles. The van der Waals surface area contributed by atoms with Crippen LogP contribution in [0.4, 0.5) is 14.9 Å². The fraction of sp³-hybridized carbons (Fsp3) is 0.393. The predicted molar refractivity (Wildman–Crippen MR) is 150 cm³/mol. The minimum atomic E-state index is -1.40. The summed E-state index contributed by atoms with van der Waals surface area (Å²) in [7, 11) is 3.19. The van der Waals surface area contributed by atoms with E-state index in [4.69, 9.17) is 5.11 Å². The molecule has 3 amide bonds. The number of carbonyl (C=O) groups is 3. The standard InChI is InChI=1S/C28H35FN6O5/c1-28(2,3)15-17-13-18(29)14-21-24(17)33-22(30-21)16-35-12-8-10-20(26(35)38)31-25(37)19(32-27(39)40)9-6-7-11-23(36)34(4)5/h7-8,10-14,19,32H,6,9,15-16H2,1-5H3,(H,30,33)(H,31,37)(H,39,40)/b11-7+/t19-/m0/s1. The molecule has 0 aliphatic carbocycles. The monoisotopic (exact) mass is 554 g/mol. The first-order valence-electron chi connectivity index (χ1n) is 12.8. The van der Waals surface area contributed by atoms with Crippen molar-refractivity contribution in [2.45, 2.75) is 52.6 Å². The number of halogens is 1. The van der Waals surface area contributed by atoms with Crippen LogP contribution in [0.25, 0.3) is 11.0 Å². The lowest BCUT2D eigenvalue weighted by Gasteiger charge is -2.18. The fourth-order valence-electron chi connectivity index (χ4n) is 4.13. The molecule has 1 aromatic carbocycles. The number of nitrogens with one attached hydrogen (secondary N) is 3. The van der Waals surface area contributed by atoms with Crippen molar-refractivity contribution in [2.24, 2.45) is 5.41 Å². The van der Waals surface area contributed by atoms with E-state index in [0.717, 1.165) is 5.56 Å². The van der Waals surface area contributed by atoms with Gasteiger partial charge in [0.2, 0.25) is 11.8 Å². The summed E-state index contributed by atoms with van der Waals surface area (Å²) >= 11 is 0. The van der Waals surface area contributed by atoms with Gasteiger partial charge in [-0.3, -0.25) is 14.4 Å². The topological polar surface area (TPSA) is 149 Å². The number of benzene rings is 1. The molecule has 0 radical (unpaired) electrons. The summed E-state index contributed by atoms with van der Waals surface area (Å²) in [5.74, 6) is -0.897. The second-order valence-electron chi connectivity index (χ2n) is 10.9. The second-order valence-corrected chi connectivity index (χ2v) is 10.9. The van der Waals surface area contributed by atoms with E-state index in [1.807, 2.05) is 0 Å². The number of carboxylic acid groups (broad SMARTS) is 1. The average Bonchev–Trinajstić information content (AvgIpc) is 3.24. The van der Waals surface area contributed by atoms with Gasteiger partial charge in [0.05, 0.1) is 17.6 Å². The van der Waals surface area contributed by atoms with Crippen molar-refractivity contribution in [1.82, 2.24) is 24.8 Å². The molecule has 4 N–H and O–H groups in total. The van der Waals surface area contributed by atoms with Gasteiger partial charge in [-0.25, -0.2) is 14.2 Å². The fourth-order valence-corrected chi connectivity index (χ4v) is 4.13. The maximum absolute atomic E-state index is 14.3. The van der Waals surface area contributed by atoms with Gasteiger partial charge in [0, 0.05) is 20.3 Å². The number of hydrogen-bond donors (Lipinski definition) is 4. The van der Waals surface area contributed by atoms with Gasteiger partial charge in [-0.15, -0.1) is 0 Å². The number of pyridine rings is 1. The first-order chi connectivity index (χ1) is 18.7. The Morgan fingerprint density at radius 3 is 2.62 bits per heavy atom. The minimum Gasteiger partial charge on any atom is -0.465 e. The SMILES string of the molecule is CN(C)C(=O)/C=C/CC[C@H](NC(=O)O)C(=O)Nc1cccn(Cc2nc3c(CC(C)(C)C)cc(F)cc3[nH]2)c1=O. The van der Waals surface area contributed by atoms with Crippen molar-refractivity contribution in [3.05, 3.63) is 70.2 Å². The minimum absolute atomic E-state index is 0.0370. The van der Waals surface area contributed by atoms with Crippen molar-refractivity contribution in [1.29, 1.82) is 0 Å². The Morgan fingerprint density at radius 1 is 1.25 bits per heavy atom. The smallest absolute Gasteiger partial charge is 0.405 e. The highest BCUT2D eigenvalue weighted by atomic mass is 19.1. The maximum atomic E-state index is 14.3. The van der Waals surface area contributed by atoms with Crippen molar-refractivity contribution in [3.8, 4) is 0 Å². The molecule has 11 nitrogen and oxygen atoms in total. The Hall–Kier alpha value is -4.48. The summed E-state index contributed by atoms with van der Waals surface area (Å²) in [5.41, 5.74) is 1.26. The van der Waals surface area contributed by atoms with Crippen molar-refractivity contribution in [3.63, 3.8) is 0 Å². The van der Waals surface area contributed by atoms with Crippen LogP contribution < -0.4 is 16.2 Å². The second kappa shape index (κ2) is 12.6. The number of aromatic amines is 1. The van der Waals surface area contributed by atoms with Crippen molar-refractivity contribution < 1.29 is 23.9 Å². The molecule has 2 aromatic heterocycles. The number of allylic oxidation sites excluding steroid dienone is 1. The van der Waals surface area contributed by atoms with E-state index in [1.165, 1.54) is 39.9 Å². The van der Waals surface area contributed by atoms with Gasteiger partial charge in [-0.05, 0) is 60.6 Å². The third-order valence-corrected chi connectivity index (χ3v) is 5.94. The van der Waals surface area contributed by atoms with E-state index in [-0.39, 0.29) is 42.2 Å². The number of hydrogen-bond acceptors (Lipinski definition) is 5. The quantitative estimate of drug-likeness (QED) is 0.282. The van der Waals surface area contributed by atoms with Crippen LogP contribution in [-0.2, 0) is 22.6 Å². The van der Waals surface area contributed by atoms with E-state index in [2.05, 4.69) is 41.4 Å². The number of carbonyl (C=O) groups excluding carboxylic acids is 2. The third kappa shape index (κ3) is 8.26. The predicted octanol–water partition coefficient (Wildman–Crippen LogP) is 3.50. The maximum Gasteiger partial charge on any atom is 0.405 e. The number of anilines is 1. The van der Waals surface area contributed by atoms with E-state index in [0.29, 0.717) is 23.3 Å². The van der Waals surface area contributed by atoms with Crippen LogP contribution in [0.15, 0.2) is 47.4 Å². The Bertz CT molecular complexity index is 1480. The van der Waals surface area contributed by atoms with Gasteiger partial charge >= 0.3 is 6.09 Å². The van der Waals surface area contributed by atoms with Crippen LogP contribution in [-0.4, -0.2) is 62.6 Å². The van der Waals surface area contributed by atoms with Gasteiger partial charge in [0.25, 0.3) is 5.56 Å². The lowest BCUT2D eigenvalue weighted by Crippen LogP contribution is -2.44. The van der Waals surface area contributed by atoms with E-state index >= 15 is 0 Å². The first-order valence-corrected chi connectivity index (χ1v) is 12.8. The summed E-state index contributed by atoms with van der Waals surface area (Å²) < 4.78 is 15.6. The van der Waals surface area contributed by atoms with E-state index in [9.17, 15) is 23.6 Å². The van der Waals surface area contributed by atoms with Crippen molar-refractivity contribution in [2.75, 3.05) is 19.4 Å². The molecule has 1 atom stereocenters. The Morgan fingerprint density at radius 2 is 1.98 bits per heavy atom. The first kappa shape index (κ1) is 30.1. The number of likely N-dealkylation sites (N-methyl/N-ethyl adjacent to an activating group) is 1. The zero-order valence-corrected chi connectivity index (χ0v) is 23.2. The lowest BCUT2D eigenvalue weighted by atomic mass is 9.87. The number of imidazole rings is 1. The molecule has 0 saturated carbocycles. The molecule has 0 fully saturated rings. The lowest BCUT2D eigenvalue weighted by molar-refractivity contribution is -0.123. The molecule has 0 saturated heterocycles. The molecule has 40 heavy (non-hydrogen) atoms. The molecule has 0 bridgehead atoms. The van der Waals surface area contributed by atoms with E-state index < -0.39 is 23.6 Å². The Kier molecular flexibility index (Phi) is 9.46. The largest absolute Gasteiger partial charge is 0.465 e. The van der Waals surface area contributed by atoms with Gasteiger partial charge in [0.15, 0.2) is 0 Å². The van der Waals surface area contributed by atoms with Gasteiger partial charge in [-0.1, -0.05) is 26.8 Å². The summed E-state index contributed by atoms with van der Waals surface area (Å²) in [6.45, 7) is 6.19. The number of aromatic nitrogens is 3. The summed E-state index contributed by atoms with van der Waals surface area (Å²) in [4.78, 5) is 58.0. The van der Waals surface area contributed by atoms with Crippen LogP contribution >= 0.6 is 0 Å². The molecular weight excluding hydrogens is 519 g/mol. The van der Waals surface area contributed by atoms with Gasteiger partial charge in [-0.2, -0.15) is 0 Å². The number of nitrogens with zero attached hydrogens (tertiary/aromatic N) is 3. The highest BCUT2D eigenvalue weighted by Gasteiger charge is 2.22. The van der Waals surface area contributed by atoms with Crippen molar-refractivity contribution >= 4 is 34.6 Å². The Balaban J connectivity index is 1.78. The molecule has 3 aromatic rings. The molecule has 0 aliphatic rings. The zero-order valence-electron chi connectivity index (χ0n) is 23.2. The molecule has 0 unspecified atom stereocenters. The summed E-state index contributed by atoms with van der Waals surface area (Å²) in [6.07, 6.45) is 3.95. The van der Waals surface area contributed by atoms with E-state index in [1.54, 1.807) is 26.2 Å². The number of H-pyrrole nitrogens is 1. The summed E-state index contributed by atoms with van der Waals surface area (Å²) in [6, 6.07) is 4.66. The van der Waals surface area contributed by atoms with Crippen LogP contribution in [0.3, 0.4) is 0 Å². The highest BCUT2D eigenvalue weighted by Crippen LogP contribution is 2.27. The zero-order chi connectivity index (χ0) is 29.6. The summed E-state index contributed by atoms with van der Waals surface area (Å²) in [5, 5.41) is 13.8. The average molecular weight is 555 g/mol. The number of fused-ring (bicyclic) bond motifs is 1. The van der Waals surface area contributed by atoms with Crippen LogP contribution in [0.1, 0.15) is 45.0 Å². The highest BCUT2D eigenvalue weighted by molar-refractivity contribution is 5.96. The van der Waals surface area contributed by atoms with Gasteiger partial charge in [0.1, 0.15) is 23.4 Å². The molecular formula is C28H35FN6O5. The normalized spacial score (nSPS) is 12.4. The van der Waals surface area contributed by atoms with Crippen LogP contribution in [0, 0.1) is 11.2 Å². The number of amides is 3. The van der Waals surface area contributed by atoms with Crippen LogP contribution in [0.5, 0.6) is 0 Å². The molecule has 3 rings (SSSR count). The molecule has 214 valence electrons. The van der Waals surface area contributed by atoms with Gasteiger partial charge < -0.3 is 30.2 Å². The molecule has 0 aliphatic heterocycles. The molecule has 0 spiro atoms. The van der Waals surface area contributed by atoms with Crippen LogP contribution in [0.2, 0.25) is 0 Å². The number of rotatable bonds is 10. The third-order valence-electron chi connectivity index (χ3n) is 5.94. The molecule has 12 heteroatoms. The Labute approximate surface area is 231 Å².